The SMILES string of the molecule is O=C(COc1ccc(Br)cc1F)Nc1cnc(-c2cccc(O)c2)nc1. The number of nitrogens with zero attached hydrogens (tertiary/aromatic N) is 2. The van der Waals surface area contributed by atoms with Gasteiger partial charge in [0.1, 0.15) is 5.75 Å². The highest BCUT2D eigenvalue weighted by molar-refractivity contribution is 9.10. The first kappa shape index (κ1) is 17.8. The van der Waals surface area contributed by atoms with Gasteiger partial charge in [0.05, 0.1) is 18.1 Å². The number of rotatable bonds is 5. The summed E-state index contributed by atoms with van der Waals surface area (Å²) in [6.07, 6.45) is 2.87. The van der Waals surface area contributed by atoms with Gasteiger partial charge in [0, 0.05) is 10.0 Å². The Hall–Kier alpha value is -3.00. The minimum absolute atomic E-state index is 0.0150. The maximum absolute atomic E-state index is 13.6. The van der Waals surface area contributed by atoms with E-state index >= 15 is 0 Å². The number of phenolic OH excluding ortho intramolecular Hbond substituents is 1. The first-order valence-corrected chi connectivity index (χ1v) is 8.30. The van der Waals surface area contributed by atoms with Crippen LogP contribution in [-0.4, -0.2) is 27.6 Å². The summed E-state index contributed by atoms with van der Waals surface area (Å²) >= 11 is 3.14. The molecule has 1 amide bonds. The Labute approximate surface area is 156 Å². The van der Waals surface area contributed by atoms with E-state index in [-0.39, 0.29) is 18.1 Å². The maximum atomic E-state index is 13.6. The second kappa shape index (κ2) is 7.92. The molecule has 0 aliphatic carbocycles. The monoisotopic (exact) mass is 417 g/mol. The molecule has 0 atom stereocenters. The lowest BCUT2D eigenvalue weighted by molar-refractivity contribution is -0.118. The highest BCUT2D eigenvalue weighted by atomic mass is 79.9. The lowest BCUT2D eigenvalue weighted by Crippen LogP contribution is -2.20. The van der Waals surface area contributed by atoms with Crippen LogP contribution in [0.3, 0.4) is 0 Å². The van der Waals surface area contributed by atoms with Gasteiger partial charge in [-0.3, -0.25) is 4.79 Å². The molecule has 1 heterocycles. The van der Waals surface area contributed by atoms with E-state index in [9.17, 15) is 14.3 Å². The molecule has 2 N–H and O–H groups in total. The van der Waals surface area contributed by atoms with E-state index in [1.807, 2.05) is 0 Å². The van der Waals surface area contributed by atoms with Crippen molar-refractivity contribution in [2.75, 3.05) is 11.9 Å². The van der Waals surface area contributed by atoms with Crippen LogP contribution in [0.5, 0.6) is 11.5 Å². The number of nitrogens with one attached hydrogen (secondary N) is 1. The van der Waals surface area contributed by atoms with Crippen LogP contribution in [-0.2, 0) is 4.79 Å². The number of amides is 1. The molecule has 132 valence electrons. The van der Waals surface area contributed by atoms with Gasteiger partial charge >= 0.3 is 0 Å². The molecule has 0 saturated heterocycles. The van der Waals surface area contributed by atoms with Crippen molar-refractivity contribution in [1.82, 2.24) is 9.97 Å². The number of carbonyl (C=O) groups excluding carboxylic acids is 1. The summed E-state index contributed by atoms with van der Waals surface area (Å²) in [5.74, 6) is -0.529. The predicted molar refractivity (Wildman–Crippen MR) is 97.4 cm³/mol. The number of hydrogen-bond acceptors (Lipinski definition) is 5. The van der Waals surface area contributed by atoms with Crippen molar-refractivity contribution in [3.63, 3.8) is 0 Å². The molecule has 0 radical (unpaired) electrons. The number of aromatic nitrogens is 2. The van der Waals surface area contributed by atoms with E-state index < -0.39 is 11.7 Å². The molecule has 0 fully saturated rings. The van der Waals surface area contributed by atoms with Crippen molar-refractivity contribution >= 4 is 27.5 Å². The van der Waals surface area contributed by atoms with E-state index in [0.717, 1.165) is 0 Å². The molecule has 3 aromatic rings. The molecule has 1 aromatic heterocycles. The van der Waals surface area contributed by atoms with Gasteiger partial charge in [-0.2, -0.15) is 0 Å². The average molecular weight is 418 g/mol. The van der Waals surface area contributed by atoms with E-state index in [2.05, 4.69) is 31.2 Å². The smallest absolute Gasteiger partial charge is 0.262 e. The van der Waals surface area contributed by atoms with Gasteiger partial charge in [-0.25, -0.2) is 14.4 Å². The molecule has 0 spiro atoms. The molecule has 26 heavy (non-hydrogen) atoms. The Morgan fingerprint density at radius 2 is 1.96 bits per heavy atom. The van der Waals surface area contributed by atoms with Gasteiger partial charge in [0.2, 0.25) is 0 Å². The fraction of sp³-hybridized carbons (Fsp3) is 0.0556. The van der Waals surface area contributed by atoms with Gasteiger partial charge in [-0.05, 0) is 30.3 Å². The zero-order valence-corrected chi connectivity index (χ0v) is 14.9. The van der Waals surface area contributed by atoms with E-state index in [1.165, 1.54) is 30.6 Å². The van der Waals surface area contributed by atoms with Gasteiger partial charge < -0.3 is 15.2 Å². The topological polar surface area (TPSA) is 84.3 Å². The van der Waals surface area contributed by atoms with Crippen LogP contribution in [0.4, 0.5) is 10.1 Å². The summed E-state index contributed by atoms with van der Waals surface area (Å²) < 4.78 is 19.4. The van der Waals surface area contributed by atoms with Crippen LogP contribution in [0.25, 0.3) is 11.4 Å². The minimum Gasteiger partial charge on any atom is -0.508 e. The lowest BCUT2D eigenvalue weighted by atomic mass is 10.2. The van der Waals surface area contributed by atoms with E-state index in [4.69, 9.17) is 4.74 Å². The van der Waals surface area contributed by atoms with E-state index in [0.29, 0.717) is 21.5 Å². The third kappa shape index (κ3) is 4.54. The Kier molecular flexibility index (Phi) is 5.43. The Bertz CT molecular complexity index is 935. The van der Waals surface area contributed by atoms with Crippen LogP contribution in [0.15, 0.2) is 59.3 Å². The number of carbonyl (C=O) groups is 1. The quantitative estimate of drug-likeness (QED) is 0.659. The summed E-state index contributed by atoms with van der Waals surface area (Å²) in [7, 11) is 0. The highest BCUT2D eigenvalue weighted by Crippen LogP contribution is 2.22. The van der Waals surface area contributed by atoms with Crippen LogP contribution < -0.4 is 10.1 Å². The van der Waals surface area contributed by atoms with E-state index in [1.54, 1.807) is 24.3 Å². The number of aromatic hydroxyl groups is 1. The van der Waals surface area contributed by atoms with Crippen molar-refractivity contribution in [3.05, 3.63) is 65.1 Å². The summed E-state index contributed by atoms with van der Waals surface area (Å²) in [5, 5.41) is 12.0. The predicted octanol–water partition coefficient (Wildman–Crippen LogP) is 3.77. The van der Waals surface area contributed by atoms with Crippen molar-refractivity contribution in [2.24, 2.45) is 0 Å². The molecule has 0 bridgehead atoms. The third-order valence-electron chi connectivity index (χ3n) is 3.29. The van der Waals surface area contributed by atoms with Crippen LogP contribution >= 0.6 is 15.9 Å². The number of hydrogen-bond donors (Lipinski definition) is 2. The average Bonchev–Trinajstić information content (AvgIpc) is 2.61. The van der Waals surface area contributed by atoms with Crippen LogP contribution in [0, 0.1) is 5.82 Å². The van der Waals surface area contributed by atoms with Crippen molar-refractivity contribution in [3.8, 4) is 22.9 Å². The fourth-order valence-corrected chi connectivity index (χ4v) is 2.45. The zero-order valence-electron chi connectivity index (χ0n) is 13.3. The summed E-state index contributed by atoms with van der Waals surface area (Å²) in [6.45, 7) is -0.354. The second-order valence-electron chi connectivity index (χ2n) is 5.26. The Balaban J connectivity index is 1.59. The largest absolute Gasteiger partial charge is 0.508 e. The van der Waals surface area contributed by atoms with Crippen LogP contribution in [0.1, 0.15) is 0 Å². The molecule has 0 aliphatic heterocycles. The summed E-state index contributed by atoms with van der Waals surface area (Å²) in [4.78, 5) is 20.2. The molecule has 8 heteroatoms. The lowest BCUT2D eigenvalue weighted by Gasteiger charge is -2.08. The highest BCUT2D eigenvalue weighted by Gasteiger charge is 2.09. The first-order chi connectivity index (χ1) is 12.5. The van der Waals surface area contributed by atoms with Gasteiger partial charge in [-0.1, -0.05) is 28.1 Å². The standard InChI is InChI=1S/C18H13BrFN3O3/c19-12-4-5-16(15(20)7-12)26-10-17(25)23-13-8-21-18(22-9-13)11-2-1-3-14(24)6-11/h1-9,24H,10H2,(H,23,25). The number of halogens is 2. The number of phenols is 1. The molecular weight excluding hydrogens is 405 g/mol. The zero-order chi connectivity index (χ0) is 18.5. The molecule has 2 aromatic carbocycles. The van der Waals surface area contributed by atoms with Crippen LogP contribution in [0.2, 0.25) is 0 Å². The number of benzene rings is 2. The molecule has 6 nitrogen and oxygen atoms in total. The first-order valence-electron chi connectivity index (χ1n) is 7.50. The van der Waals surface area contributed by atoms with Gasteiger partial charge in [0.15, 0.2) is 24.0 Å². The Morgan fingerprint density at radius 1 is 1.19 bits per heavy atom. The normalized spacial score (nSPS) is 10.4. The second-order valence-corrected chi connectivity index (χ2v) is 6.17. The third-order valence-corrected chi connectivity index (χ3v) is 3.79. The molecule has 0 aliphatic rings. The van der Waals surface area contributed by atoms with Gasteiger partial charge in [0.25, 0.3) is 5.91 Å². The fourth-order valence-electron chi connectivity index (χ4n) is 2.12. The molecular formula is C18H13BrFN3O3. The minimum atomic E-state index is -0.564. The van der Waals surface area contributed by atoms with Gasteiger partial charge in [-0.15, -0.1) is 0 Å². The molecule has 3 rings (SSSR count). The Morgan fingerprint density at radius 3 is 2.65 bits per heavy atom. The van der Waals surface area contributed by atoms with Crippen molar-refractivity contribution in [2.45, 2.75) is 0 Å². The van der Waals surface area contributed by atoms with Crippen molar-refractivity contribution in [1.29, 1.82) is 0 Å². The summed E-state index contributed by atoms with van der Waals surface area (Å²) in [5.41, 5.74) is 1.02. The molecule has 0 saturated carbocycles. The van der Waals surface area contributed by atoms with Crippen molar-refractivity contribution < 1.29 is 19.0 Å². The number of ether oxygens (including phenoxy) is 1. The number of anilines is 1. The maximum Gasteiger partial charge on any atom is 0.262 e. The summed E-state index contributed by atoms with van der Waals surface area (Å²) in [6, 6.07) is 10.8. The molecule has 0 unspecified atom stereocenters.